The van der Waals surface area contributed by atoms with Crippen LogP contribution in [0.15, 0.2) is 29.4 Å². The molecule has 0 fully saturated rings. The molecule has 2 rings (SSSR count). The van der Waals surface area contributed by atoms with Crippen LogP contribution in [0.1, 0.15) is 32.8 Å². The molecule has 1 atom stereocenters. The van der Waals surface area contributed by atoms with Crippen LogP contribution in [-0.2, 0) is 11.2 Å². The molecule has 0 bridgehead atoms. The number of carbonyl (C=O) groups is 2. The van der Waals surface area contributed by atoms with E-state index in [1.807, 2.05) is 38.1 Å². The molecule has 0 aliphatic rings. The first-order valence-corrected chi connectivity index (χ1v) is 9.25. The summed E-state index contributed by atoms with van der Waals surface area (Å²) in [4.78, 5) is 27.7. The number of aromatic nitrogens is 3. The predicted molar refractivity (Wildman–Crippen MR) is 98.3 cm³/mol. The Hall–Kier alpha value is -2.35. The second-order valence-corrected chi connectivity index (χ2v) is 6.58. The number of imide groups is 1. The fraction of sp³-hybridized carbons (Fsp3) is 0.412. The minimum atomic E-state index is -0.480. The summed E-state index contributed by atoms with van der Waals surface area (Å²) in [5.74, 6) is 0.338. The number of hydrogen-bond donors (Lipinski definition) is 3. The van der Waals surface area contributed by atoms with Crippen molar-refractivity contribution < 1.29 is 9.59 Å². The van der Waals surface area contributed by atoms with Crippen molar-refractivity contribution in [1.29, 1.82) is 0 Å². The van der Waals surface area contributed by atoms with Gasteiger partial charge in [0, 0.05) is 11.6 Å². The van der Waals surface area contributed by atoms with Gasteiger partial charge in [-0.2, -0.15) is 0 Å². The first kappa shape index (κ1) is 19.0. The first-order chi connectivity index (χ1) is 12.0. The third kappa shape index (κ3) is 5.90. The number of H-pyrrole nitrogens is 1. The monoisotopic (exact) mass is 361 g/mol. The number of nitrogens with zero attached hydrogens (tertiary/aromatic N) is 2. The van der Waals surface area contributed by atoms with Crippen molar-refractivity contribution in [3.8, 4) is 11.4 Å². The lowest BCUT2D eigenvalue weighted by Gasteiger charge is -2.11. The van der Waals surface area contributed by atoms with Crippen LogP contribution in [0.4, 0.5) is 4.79 Å². The van der Waals surface area contributed by atoms with Gasteiger partial charge in [0.2, 0.25) is 11.1 Å². The molecule has 0 aliphatic heterocycles. The van der Waals surface area contributed by atoms with E-state index in [1.54, 1.807) is 0 Å². The van der Waals surface area contributed by atoms with Crippen molar-refractivity contribution in [2.45, 2.75) is 44.8 Å². The summed E-state index contributed by atoms with van der Waals surface area (Å²) >= 11 is 1.17. The summed E-state index contributed by atoms with van der Waals surface area (Å²) in [6.07, 6.45) is 1.78. The van der Waals surface area contributed by atoms with E-state index in [2.05, 4.69) is 32.7 Å². The molecule has 0 radical (unpaired) electrons. The van der Waals surface area contributed by atoms with Gasteiger partial charge in [-0.05, 0) is 25.3 Å². The molecule has 0 saturated heterocycles. The van der Waals surface area contributed by atoms with Gasteiger partial charge in [-0.25, -0.2) is 9.78 Å². The van der Waals surface area contributed by atoms with Crippen LogP contribution in [-0.4, -0.2) is 38.9 Å². The van der Waals surface area contributed by atoms with E-state index in [0.717, 1.165) is 18.4 Å². The molecule has 8 heteroatoms. The first-order valence-electron chi connectivity index (χ1n) is 8.26. The zero-order valence-corrected chi connectivity index (χ0v) is 15.4. The second kappa shape index (κ2) is 9.22. The molecule has 7 nitrogen and oxygen atoms in total. The van der Waals surface area contributed by atoms with Gasteiger partial charge < -0.3 is 5.32 Å². The number of thioether (sulfide) groups is 1. The van der Waals surface area contributed by atoms with Crippen molar-refractivity contribution in [2.24, 2.45) is 0 Å². The number of carbonyl (C=O) groups excluding carboxylic acids is 2. The topological polar surface area (TPSA) is 99.8 Å². The zero-order valence-electron chi connectivity index (χ0n) is 14.6. The van der Waals surface area contributed by atoms with Crippen LogP contribution in [0.25, 0.3) is 11.4 Å². The molecule has 0 spiro atoms. The lowest BCUT2D eigenvalue weighted by molar-refractivity contribution is -0.117. The van der Waals surface area contributed by atoms with Gasteiger partial charge in [0.05, 0.1) is 5.75 Å². The second-order valence-electron chi connectivity index (χ2n) is 5.64. The number of hydrogen-bond acceptors (Lipinski definition) is 5. The van der Waals surface area contributed by atoms with Crippen molar-refractivity contribution in [3.05, 3.63) is 29.8 Å². The third-order valence-corrected chi connectivity index (χ3v) is 4.52. The van der Waals surface area contributed by atoms with Crippen molar-refractivity contribution in [2.75, 3.05) is 5.75 Å². The highest BCUT2D eigenvalue weighted by Gasteiger charge is 2.12. The van der Waals surface area contributed by atoms with Gasteiger partial charge in [-0.3, -0.25) is 15.2 Å². The number of aromatic amines is 1. The van der Waals surface area contributed by atoms with Crippen molar-refractivity contribution in [1.82, 2.24) is 25.8 Å². The van der Waals surface area contributed by atoms with Crippen LogP contribution < -0.4 is 10.6 Å². The predicted octanol–water partition coefficient (Wildman–Crippen LogP) is 2.75. The van der Waals surface area contributed by atoms with Gasteiger partial charge in [-0.1, -0.05) is 49.9 Å². The molecule has 1 aromatic heterocycles. The Bertz CT molecular complexity index is 714. The zero-order chi connectivity index (χ0) is 18.2. The van der Waals surface area contributed by atoms with Crippen LogP contribution >= 0.6 is 11.8 Å². The molecule has 1 aromatic carbocycles. The molecule has 134 valence electrons. The van der Waals surface area contributed by atoms with E-state index in [1.165, 1.54) is 17.3 Å². The molecule has 0 saturated carbocycles. The molecule has 2 aromatic rings. The smallest absolute Gasteiger partial charge is 0.321 e. The Morgan fingerprint density at radius 2 is 1.96 bits per heavy atom. The number of benzene rings is 1. The molecule has 25 heavy (non-hydrogen) atoms. The number of aryl methyl sites for hydroxylation is 1. The summed E-state index contributed by atoms with van der Waals surface area (Å²) in [6.45, 7) is 5.94. The van der Waals surface area contributed by atoms with E-state index in [-0.39, 0.29) is 17.7 Å². The standard InChI is InChI=1S/C17H23N5O2S/c1-4-11(3)18-16(24)19-14(23)10-25-17-20-15(21-22-17)13-8-6-12(5-2)7-9-13/h6-9,11H,4-5,10H2,1-3H3,(H,20,21,22)(H2,18,19,23,24)/t11-/m0/s1. The molecular weight excluding hydrogens is 338 g/mol. The van der Waals surface area contributed by atoms with Gasteiger partial charge in [0.15, 0.2) is 5.82 Å². The highest BCUT2D eigenvalue weighted by Crippen LogP contribution is 2.19. The average molecular weight is 361 g/mol. The highest BCUT2D eigenvalue weighted by atomic mass is 32.2. The minimum Gasteiger partial charge on any atom is -0.335 e. The summed E-state index contributed by atoms with van der Waals surface area (Å²) in [7, 11) is 0. The highest BCUT2D eigenvalue weighted by molar-refractivity contribution is 7.99. The summed E-state index contributed by atoms with van der Waals surface area (Å²) in [5.41, 5.74) is 2.19. The SMILES string of the molecule is CCc1ccc(-c2nc(SCC(=O)NC(=O)N[C@@H](C)CC)n[nH]2)cc1. The number of nitrogens with one attached hydrogen (secondary N) is 3. The fourth-order valence-electron chi connectivity index (χ4n) is 1.99. The molecule has 0 unspecified atom stereocenters. The molecule has 0 aliphatic carbocycles. The van der Waals surface area contributed by atoms with Gasteiger partial charge in [0.25, 0.3) is 0 Å². The number of amides is 3. The van der Waals surface area contributed by atoms with Crippen LogP contribution in [0.2, 0.25) is 0 Å². The van der Waals surface area contributed by atoms with Crippen molar-refractivity contribution in [3.63, 3.8) is 0 Å². The lowest BCUT2D eigenvalue weighted by Crippen LogP contribution is -2.43. The Labute approximate surface area is 151 Å². The Balaban J connectivity index is 1.84. The summed E-state index contributed by atoms with van der Waals surface area (Å²) in [5, 5.41) is 12.4. The Morgan fingerprint density at radius 1 is 1.24 bits per heavy atom. The normalized spacial score (nSPS) is 11.8. The van der Waals surface area contributed by atoms with Crippen LogP contribution in [0, 0.1) is 0 Å². The van der Waals surface area contributed by atoms with Crippen molar-refractivity contribution >= 4 is 23.7 Å². The third-order valence-electron chi connectivity index (χ3n) is 3.68. The number of urea groups is 1. The quantitative estimate of drug-likeness (QED) is 0.659. The Morgan fingerprint density at radius 3 is 2.60 bits per heavy atom. The van der Waals surface area contributed by atoms with Gasteiger partial charge in [-0.15, -0.1) is 5.10 Å². The molecule has 3 N–H and O–H groups in total. The molecule has 3 amide bonds. The largest absolute Gasteiger partial charge is 0.335 e. The minimum absolute atomic E-state index is 0.0233. The van der Waals surface area contributed by atoms with Crippen LogP contribution in [0.5, 0.6) is 0 Å². The summed E-state index contributed by atoms with van der Waals surface area (Å²) in [6, 6.07) is 7.61. The molecular formula is C17H23N5O2S. The van der Waals surface area contributed by atoms with Crippen LogP contribution in [0.3, 0.4) is 0 Å². The Kier molecular flexibility index (Phi) is 7.00. The van der Waals surface area contributed by atoms with E-state index in [9.17, 15) is 9.59 Å². The van der Waals surface area contributed by atoms with Gasteiger partial charge >= 0.3 is 6.03 Å². The van der Waals surface area contributed by atoms with E-state index in [4.69, 9.17) is 0 Å². The molecule has 1 heterocycles. The number of rotatable bonds is 7. The maximum Gasteiger partial charge on any atom is 0.321 e. The lowest BCUT2D eigenvalue weighted by atomic mass is 10.1. The summed E-state index contributed by atoms with van der Waals surface area (Å²) < 4.78 is 0. The average Bonchev–Trinajstić information content (AvgIpc) is 3.08. The van der Waals surface area contributed by atoms with E-state index in [0.29, 0.717) is 11.0 Å². The van der Waals surface area contributed by atoms with E-state index >= 15 is 0 Å². The fourth-order valence-corrected chi connectivity index (χ4v) is 2.59. The van der Waals surface area contributed by atoms with E-state index < -0.39 is 6.03 Å². The maximum absolute atomic E-state index is 11.8. The maximum atomic E-state index is 11.8. The van der Waals surface area contributed by atoms with Gasteiger partial charge in [0.1, 0.15) is 0 Å².